The molecular formula is C11H16Cl2N2O. The Labute approximate surface area is 107 Å². The van der Waals surface area contributed by atoms with Crippen LogP contribution >= 0.6 is 24.0 Å². The van der Waals surface area contributed by atoms with Gasteiger partial charge in [-0.05, 0) is 25.6 Å². The number of carbonyl (C=O) groups excluding carboxylic acids is 1. The van der Waals surface area contributed by atoms with Crippen molar-refractivity contribution in [1.82, 2.24) is 5.32 Å². The first-order valence-corrected chi connectivity index (χ1v) is 5.22. The van der Waals surface area contributed by atoms with Gasteiger partial charge in [0, 0.05) is 13.0 Å². The fourth-order valence-corrected chi connectivity index (χ4v) is 1.50. The van der Waals surface area contributed by atoms with Gasteiger partial charge in [0.1, 0.15) is 0 Å². The van der Waals surface area contributed by atoms with Crippen LogP contribution in [0.4, 0.5) is 5.69 Å². The molecule has 90 valence electrons. The number of aryl methyl sites for hydroxylation is 1. The number of amides is 1. The van der Waals surface area contributed by atoms with Crippen molar-refractivity contribution >= 4 is 35.6 Å². The number of rotatable bonds is 4. The third kappa shape index (κ3) is 4.39. The average Bonchev–Trinajstić information content (AvgIpc) is 2.21. The van der Waals surface area contributed by atoms with Crippen LogP contribution in [0.15, 0.2) is 18.2 Å². The molecule has 3 nitrogen and oxygen atoms in total. The van der Waals surface area contributed by atoms with E-state index in [4.69, 9.17) is 11.6 Å². The van der Waals surface area contributed by atoms with E-state index in [2.05, 4.69) is 10.6 Å². The lowest BCUT2D eigenvalue weighted by atomic mass is 10.2. The molecule has 0 aliphatic carbocycles. The fraction of sp³-hybridized carbons (Fsp3) is 0.364. The Hall–Kier alpha value is -0.770. The summed E-state index contributed by atoms with van der Waals surface area (Å²) in [6.45, 7) is 2.58. The summed E-state index contributed by atoms with van der Waals surface area (Å²) >= 11 is 5.98. The maximum absolute atomic E-state index is 11.5. The van der Waals surface area contributed by atoms with Crippen molar-refractivity contribution in [3.05, 3.63) is 28.8 Å². The highest BCUT2D eigenvalue weighted by Gasteiger charge is 2.07. The molecule has 1 amide bonds. The molecule has 0 spiro atoms. The predicted octanol–water partition coefficient (Wildman–Crippen LogP) is 2.62. The highest BCUT2D eigenvalue weighted by Crippen LogP contribution is 2.25. The molecule has 0 heterocycles. The lowest BCUT2D eigenvalue weighted by Gasteiger charge is -2.09. The van der Waals surface area contributed by atoms with Crippen LogP contribution in [-0.4, -0.2) is 19.5 Å². The quantitative estimate of drug-likeness (QED) is 0.876. The molecule has 0 aromatic heterocycles. The number of para-hydroxylation sites is 1. The monoisotopic (exact) mass is 262 g/mol. The molecule has 5 heteroatoms. The summed E-state index contributed by atoms with van der Waals surface area (Å²) in [6, 6.07) is 5.54. The zero-order valence-electron chi connectivity index (χ0n) is 9.34. The molecule has 16 heavy (non-hydrogen) atoms. The molecule has 0 fully saturated rings. The minimum absolute atomic E-state index is 0. The Morgan fingerprint density at radius 2 is 2.12 bits per heavy atom. The zero-order valence-corrected chi connectivity index (χ0v) is 10.9. The second-order valence-corrected chi connectivity index (χ2v) is 3.74. The number of halogens is 2. The molecule has 0 aliphatic rings. The van der Waals surface area contributed by atoms with Gasteiger partial charge in [-0.25, -0.2) is 0 Å². The van der Waals surface area contributed by atoms with Gasteiger partial charge in [0.2, 0.25) is 5.91 Å². The van der Waals surface area contributed by atoms with Crippen molar-refractivity contribution < 1.29 is 4.79 Å². The zero-order chi connectivity index (χ0) is 11.3. The summed E-state index contributed by atoms with van der Waals surface area (Å²) in [6.07, 6.45) is 0.446. The molecule has 0 unspecified atom stereocenters. The maximum Gasteiger partial charge on any atom is 0.225 e. The summed E-state index contributed by atoms with van der Waals surface area (Å²) in [5, 5.41) is 6.30. The summed E-state index contributed by atoms with van der Waals surface area (Å²) in [5.41, 5.74) is 1.68. The second-order valence-electron chi connectivity index (χ2n) is 3.33. The van der Waals surface area contributed by atoms with Gasteiger partial charge in [-0.2, -0.15) is 0 Å². The van der Waals surface area contributed by atoms with E-state index in [0.717, 1.165) is 5.56 Å². The van der Waals surface area contributed by atoms with E-state index in [0.29, 0.717) is 23.7 Å². The van der Waals surface area contributed by atoms with Crippen molar-refractivity contribution in [2.45, 2.75) is 13.3 Å². The number of benzene rings is 1. The van der Waals surface area contributed by atoms with Crippen LogP contribution in [0, 0.1) is 6.92 Å². The van der Waals surface area contributed by atoms with Gasteiger partial charge in [0.25, 0.3) is 0 Å². The lowest BCUT2D eigenvalue weighted by Crippen LogP contribution is -2.19. The first-order valence-electron chi connectivity index (χ1n) is 4.84. The molecule has 0 saturated carbocycles. The van der Waals surface area contributed by atoms with Gasteiger partial charge in [-0.3, -0.25) is 4.79 Å². The van der Waals surface area contributed by atoms with Gasteiger partial charge in [-0.1, -0.05) is 23.7 Å². The van der Waals surface area contributed by atoms with Crippen molar-refractivity contribution in [3.63, 3.8) is 0 Å². The van der Waals surface area contributed by atoms with Crippen LogP contribution in [0.2, 0.25) is 5.02 Å². The van der Waals surface area contributed by atoms with Gasteiger partial charge in [-0.15, -0.1) is 12.4 Å². The number of hydrogen-bond donors (Lipinski definition) is 2. The van der Waals surface area contributed by atoms with Crippen LogP contribution in [-0.2, 0) is 4.79 Å². The standard InChI is InChI=1S/C11H15ClN2O.ClH/c1-8-4-3-5-9(12)11(8)14-10(15)6-7-13-2;/h3-5,13H,6-7H2,1-2H3,(H,14,15);1H. The van der Waals surface area contributed by atoms with Crippen LogP contribution < -0.4 is 10.6 Å². The molecule has 0 aliphatic heterocycles. The Kier molecular flexibility index (Phi) is 7.13. The summed E-state index contributed by atoms with van der Waals surface area (Å²) in [5.74, 6) is -0.0273. The van der Waals surface area contributed by atoms with Gasteiger partial charge >= 0.3 is 0 Å². The van der Waals surface area contributed by atoms with Crippen LogP contribution in [0.3, 0.4) is 0 Å². The van der Waals surface area contributed by atoms with E-state index >= 15 is 0 Å². The molecule has 1 rings (SSSR count). The van der Waals surface area contributed by atoms with Gasteiger partial charge < -0.3 is 10.6 Å². The van der Waals surface area contributed by atoms with Crippen LogP contribution in [0.5, 0.6) is 0 Å². The molecule has 2 N–H and O–H groups in total. The van der Waals surface area contributed by atoms with E-state index in [1.54, 1.807) is 6.07 Å². The highest BCUT2D eigenvalue weighted by atomic mass is 35.5. The molecule has 0 radical (unpaired) electrons. The molecule has 0 bridgehead atoms. The van der Waals surface area contributed by atoms with Gasteiger partial charge in [0.15, 0.2) is 0 Å². The average molecular weight is 263 g/mol. The molecule has 1 aromatic carbocycles. The maximum atomic E-state index is 11.5. The fourth-order valence-electron chi connectivity index (χ4n) is 1.23. The summed E-state index contributed by atoms with van der Waals surface area (Å²) in [7, 11) is 1.81. The Balaban J connectivity index is 0.00000225. The molecule has 0 saturated heterocycles. The van der Waals surface area contributed by atoms with Crippen LogP contribution in [0.25, 0.3) is 0 Å². The van der Waals surface area contributed by atoms with E-state index in [1.807, 2.05) is 26.1 Å². The number of carbonyl (C=O) groups is 1. The van der Waals surface area contributed by atoms with Crippen molar-refractivity contribution in [1.29, 1.82) is 0 Å². The lowest BCUT2D eigenvalue weighted by molar-refractivity contribution is -0.116. The molecule has 1 aromatic rings. The normalized spacial score (nSPS) is 9.44. The van der Waals surface area contributed by atoms with Crippen molar-refractivity contribution in [2.24, 2.45) is 0 Å². The van der Waals surface area contributed by atoms with E-state index in [1.165, 1.54) is 0 Å². The predicted molar refractivity (Wildman–Crippen MR) is 70.6 cm³/mol. The first-order chi connectivity index (χ1) is 7.15. The van der Waals surface area contributed by atoms with E-state index in [9.17, 15) is 4.79 Å². The summed E-state index contributed by atoms with van der Waals surface area (Å²) in [4.78, 5) is 11.5. The Bertz CT molecular complexity index is 336. The highest BCUT2D eigenvalue weighted by molar-refractivity contribution is 6.33. The Morgan fingerprint density at radius 1 is 1.44 bits per heavy atom. The van der Waals surface area contributed by atoms with Crippen molar-refractivity contribution in [2.75, 3.05) is 18.9 Å². The van der Waals surface area contributed by atoms with Gasteiger partial charge in [0.05, 0.1) is 10.7 Å². The number of nitrogens with one attached hydrogen (secondary N) is 2. The van der Waals surface area contributed by atoms with Crippen LogP contribution in [0.1, 0.15) is 12.0 Å². The SMILES string of the molecule is CNCCC(=O)Nc1c(C)cccc1Cl.Cl. The summed E-state index contributed by atoms with van der Waals surface area (Å²) < 4.78 is 0. The molecular weight excluding hydrogens is 247 g/mol. The van der Waals surface area contributed by atoms with E-state index in [-0.39, 0.29) is 18.3 Å². The number of anilines is 1. The second kappa shape index (κ2) is 7.49. The Morgan fingerprint density at radius 3 is 2.69 bits per heavy atom. The third-order valence-electron chi connectivity index (χ3n) is 2.09. The largest absolute Gasteiger partial charge is 0.325 e. The topological polar surface area (TPSA) is 41.1 Å². The smallest absolute Gasteiger partial charge is 0.225 e. The number of hydrogen-bond acceptors (Lipinski definition) is 2. The van der Waals surface area contributed by atoms with E-state index < -0.39 is 0 Å². The molecule has 0 atom stereocenters. The third-order valence-corrected chi connectivity index (χ3v) is 2.40. The van der Waals surface area contributed by atoms with Crippen molar-refractivity contribution in [3.8, 4) is 0 Å². The first kappa shape index (κ1) is 15.2. The minimum atomic E-state index is -0.0273. The minimum Gasteiger partial charge on any atom is -0.325 e.